The first kappa shape index (κ1) is 24.3. The second-order valence-electron chi connectivity index (χ2n) is 11.8. The van der Waals surface area contributed by atoms with Crippen molar-refractivity contribution in [3.8, 4) is 0 Å². The summed E-state index contributed by atoms with van der Waals surface area (Å²) in [6.45, 7) is 4.84. The SMILES string of the molecule is CC1(C)CC(=O)N(C(=O)[C@@H]2CN3C(=O)CC4(CCCCC4)N3[C@@H]2c2ccccc2)N1Cc1ccccc1. The second-order valence-corrected chi connectivity index (χ2v) is 11.8. The van der Waals surface area contributed by atoms with Crippen LogP contribution < -0.4 is 0 Å². The Kier molecular flexibility index (Phi) is 5.96. The maximum Gasteiger partial charge on any atom is 0.250 e. The highest BCUT2D eigenvalue weighted by molar-refractivity contribution is 5.98. The van der Waals surface area contributed by atoms with Crippen LogP contribution in [0.4, 0.5) is 0 Å². The molecular formula is C30H36N4O3. The van der Waals surface area contributed by atoms with Gasteiger partial charge in [-0.25, -0.2) is 15.0 Å². The van der Waals surface area contributed by atoms with Crippen molar-refractivity contribution in [3.63, 3.8) is 0 Å². The number of hydrogen-bond donors (Lipinski definition) is 0. The Bertz CT molecular complexity index is 1190. The minimum absolute atomic E-state index is 0.104. The summed E-state index contributed by atoms with van der Waals surface area (Å²) in [5.74, 6) is -0.777. The molecule has 7 heteroatoms. The molecule has 0 N–H and O–H groups in total. The van der Waals surface area contributed by atoms with Crippen LogP contribution in [-0.2, 0) is 20.9 Å². The Morgan fingerprint density at radius 1 is 0.865 bits per heavy atom. The van der Waals surface area contributed by atoms with E-state index in [1.54, 1.807) is 0 Å². The van der Waals surface area contributed by atoms with Gasteiger partial charge in [0.15, 0.2) is 0 Å². The summed E-state index contributed by atoms with van der Waals surface area (Å²) in [5, 5.41) is 7.46. The van der Waals surface area contributed by atoms with E-state index in [-0.39, 0.29) is 35.7 Å². The highest BCUT2D eigenvalue weighted by Crippen LogP contribution is 2.53. The van der Waals surface area contributed by atoms with Crippen LogP contribution >= 0.6 is 0 Å². The van der Waals surface area contributed by atoms with E-state index in [0.717, 1.165) is 36.8 Å². The fourth-order valence-electron chi connectivity index (χ4n) is 7.16. The standard InChI is InChI=1S/C30H36N4O3/c1-29(2)18-26(36)33(32(29)20-22-12-6-3-7-13-22)28(37)24-21-31-25(35)19-30(16-10-5-11-17-30)34(31)27(24)23-14-8-4-9-15-23/h3-4,6-9,12-15,24,27H,5,10-11,16-21H2,1-2H3/t24-,27-/m1/s1. The summed E-state index contributed by atoms with van der Waals surface area (Å²) < 4.78 is 0. The topological polar surface area (TPSA) is 64.2 Å². The Labute approximate surface area is 218 Å². The van der Waals surface area contributed by atoms with Crippen molar-refractivity contribution in [1.29, 1.82) is 0 Å². The average Bonchev–Trinajstić information content (AvgIpc) is 3.49. The lowest BCUT2D eigenvalue weighted by atomic mass is 9.77. The molecular weight excluding hydrogens is 464 g/mol. The van der Waals surface area contributed by atoms with Gasteiger partial charge >= 0.3 is 0 Å². The summed E-state index contributed by atoms with van der Waals surface area (Å²) in [4.78, 5) is 41.2. The number of amides is 3. The first-order valence-electron chi connectivity index (χ1n) is 13.6. The molecule has 3 saturated heterocycles. The van der Waals surface area contributed by atoms with Crippen molar-refractivity contribution in [1.82, 2.24) is 20.0 Å². The van der Waals surface area contributed by atoms with Gasteiger partial charge in [0, 0.05) is 30.5 Å². The molecule has 3 aliphatic heterocycles. The maximum atomic E-state index is 14.4. The van der Waals surface area contributed by atoms with Crippen LogP contribution in [0.15, 0.2) is 60.7 Å². The van der Waals surface area contributed by atoms with Gasteiger partial charge in [0.05, 0.1) is 18.5 Å². The summed E-state index contributed by atoms with van der Waals surface area (Å²) in [6.07, 6.45) is 6.12. The smallest absolute Gasteiger partial charge is 0.250 e. The fraction of sp³-hybridized carbons (Fsp3) is 0.500. The van der Waals surface area contributed by atoms with Crippen LogP contribution in [0, 0.1) is 5.92 Å². The van der Waals surface area contributed by atoms with Crippen LogP contribution in [0.3, 0.4) is 0 Å². The minimum atomic E-state index is -0.512. The normalized spacial score (nSPS) is 27.3. The molecule has 194 valence electrons. The van der Waals surface area contributed by atoms with Crippen molar-refractivity contribution < 1.29 is 14.4 Å². The molecule has 3 heterocycles. The van der Waals surface area contributed by atoms with Crippen LogP contribution in [0.5, 0.6) is 0 Å². The van der Waals surface area contributed by atoms with E-state index in [2.05, 4.69) is 17.1 Å². The average molecular weight is 501 g/mol. The maximum absolute atomic E-state index is 14.4. The first-order valence-corrected chi connectivity index (χ1v) is 13.6. The molecule has 0 radical (unpaired) electrons. The minimum Gasteiger partial charge on any atom is -0.273 e. The molecule has 7 nitrogen and oxygen atoms in total. The van der Waals surface area contributed by atoms with E-state index in [4.69, 9.17) is 0 Å². The largest absolute Gasteiger partial charge is 0.273 e. The summed E-state index contributed by atoms with van der Waals surface area (Å²) in [7, 11) is 0. The van der Waals surface area contributed by atoms with Crippen LogP contribution in [0.25, 0.3) is 0 Å². The number of hydrazine groups is 2. The van der Waals surface area contributed by atoms with Crippen molar-refractivity contribution in [2.24, 2.45) is 5.92 Å². The van der Waals surface area contributed by atoms with Gasteiger partial charge in [-0.2, -0.15) is 0 Å². The second kappa shape index (κ2) is 9.07. The highest BCUT2D eigenvalue weighted by atomic mass is 16.2. The molecule has 0 aromatic heterocycles. The van der Waals surface area contributed by atoms with Gasteiger partial charge < -0.3 is 0 Å². The van der Waals surface area contributed by atoms with Gasteiger partial charge in [-0.1, -0.05) is 79.9 Å². The zero-order valence-corrected chi connectivity index (χ0v) is 21.8. The van der Waals surface area contributed by atoms with Gasteiger partial charge in [0.2, 0.25) is 11.8 Å². The molecule has 2 aromatic rings. The highest BCUT2D eigenvalue weighted by Gasteiger charge is 2.61. The Morgan fingerprint density at radius 3 is 2.19 bits per heavy atom. The van der Waals surface area contributed by atoms with Crippen molar-refractivity contribution in [2.75, 3.05) is 6.54 Å². The third kappa shape index (κ3) is 3.99. The number of carbonyl (C=O) groups is 3. The zero-order valence-electron chi connectivity index (χ0n) is 21.8. The predicted molar refractivity (Wildman–Crippen MR) is 139 cm³/mol. The lowest BCUT2D eigenvalue weighted by Crippen LogP contribution is -2.53. The first-order chi connectivity index (χ1) is 17.8. The van der Waals surface area contributed by atoms with Crippen molar-refractivity contribution >= 4 is 17.7 Å². The molecule has 0 unspecified atom stereocenters. The van der Waals surface area contributed by atoms with E-state index in [1.807, 2.05) is 72.4 Å². The van der Waals surface area contributed by atoms with Gasteiger partial charge in [0.25, 0.3) is 5.91 Å². The molecule has 6 rings (SSSR count). The van der Waals surface area contributed by atoms with Gasteiger partial charge in [0.1, 0.15) is 0 Å². The van der Waals surface area contributed by atoms with E-state index in [9.17, 15) is 14.4 Å². The molecule has 2 aromatic carbocycles. The number of fused-ring (bicyclic) bond motifs is 2. The lowest BCUT2D eigenvalue weighted by Gasteiger charge is -2.44. The van der Waals surface area contributed by atoms with Gasteiger partial charge in [-0.15, -0.1) is 0 Å². The number of hydrogen-bond acceptors (Lipinski definition) is 5. The Morgan fingerprint density at radius 2 is 1.51 bits per heavy atom. The number of nitrogens with zero attached hydrogens (tertiary/aromatic N) is 4. The summed E-state index contributed by atoms with van der Waals surface area (Å²) in [6, 6.07) is 19.8. The molecule has 4 fully saturated rings. The van der Waals surface area contributed by atoms with E-state index in [0.29, 0.717) is 19.5 Å². The van der Waals surface area contributed by atoms with E-state index < -0.39 is 11.5 Å². The number of carbonyl (C=O) groups excluding carboxylic acids is 3. The third-order valence-corrected chi connectivity index (χ3v) is 8.92. The molecule has 1 spiro atoms. The summed E-state index contributed by atoms with van der Waals surface area (Å²) in [5.41, 5.74) is 1.36. The quantitative estimate of drug-likeness (QED) is 0.580. The van der Waals surface area contributed by atoms with Gasteiger partial charge in [-0.3, -0.25) is 19.4 Å². The molecule has 0 bridgehead atoms. The monoisotopic (exact) mass is 500 g/mol. The molecule has 3 amide bonds. The predicted octanol–water partition coefficient (Wildman–Crippen LogP) is 4.46. The number of imide groups is 1. The number of rotatable bonds is 4. The van der Waals surface area contributed by atoms with Crippen LogP contribution in [-0.4, -0.2) is 55.4 Å². The van der Waals surface area contributed by atoms with E-state index >= 15 is 0 Å². The van der Waals surface area contributed by atoms with Crippen molar-refractivity contribution in [3.05, 3.63) is 71.8 Å². The third-order valence-electron chi connectivity index (χ3n) is 8.92. The van der Waals surface area contributed by atoms with E-state index in [1.165, 1.54) is 11.4 Å². The fourth-order valence-corrected chi connectivity index (χ4v) is 7.16. The molecule has 4 aliphatic rings. The van der Waals surface area contributed by atoms with Gasteiger partial charge in [-0.05, 0) is 37.8 Å². The Balaban J connectivity index is 1.38. The molecule has 1 saturated carbocycles. The van der Waals surface area contributed by atoms with Crippen LogP contribution in [0.1, 0.15) is 76.0 Å². The molecule has 37 heavy (non-hydrogen) atoms. The van der Waals surface area contributed by atoms with Crippen molar-refractivity contribution in [2.45, 2.75) is 82.5 Å². The molecule has 2 atom stereocenters. The summed E-state index contributed by atoms with van der Waals surface area (Å²) >= 11 is 0. The Hall–Kier alpha value is -3.03. The molecule has 1 aliphatic carbocycles. The van der Waals surface area contributed by atoms with Crippen LogP contribution in [0.2, 0.25) is 0 Å². The number of benzene rings is 2. The zero-order chi connectivity index (χ0) is 25.8. The lowest BCUT2D eigenvalue weighted by molar-refractivity contribution is -0.165.